The van der Waals surface area contributed by atoms with Crippen LogP contribution in [0.3, 0.4) is 0 Å². The molecule has 0 N–H and O–H groups in total. The van der Waals surface area contributed by atoms with Gasteiger partial charge in [0.1, 0.15) is 18.3 Å². The lowest BCUT2D eigenvalue weighted by atomic mass is 9.94. The number of hydrogen-bond acceptors (Lipinski definition) is 6. The van der Waals surface area contributed by atoms with Crippen LogP contribution in [0.15, 0.2) is 91.0 Å². The van der Waals surface area contributed by atoms with Gasteiger partial charge in [-0.15, -0.1) is 0 Å². The van der Waals surface area contributed by atoms with Crippen molar-refractivity contribution in [2.75, 3.05) is 6.61 Å². The molecule has 3 aromatic carbocycles. The van der Waals surface area contributed by atoms with Gasteiger partial charge in [0.2, 0.25) is 0 Å². The molecule has 0 bridgehead atoms. The highest BCUT2D eigenvalue weighted by Crippen LogP contribution is 2.36. The van der Waals surface area contributed by atoms with E-state index in [2.05, 4.69) is 0 Å². The summed E-state index contributed by atoms with van der Waals surface area (Å²) in [6.45, 7) is 2.61. The second-order valence-corrected chi connectivity index (χ2v) is 8.55. The van der Waals surface area contributed by atoms with E-state index in [0.717, 1.165) is 11.1 Å². The van der Waals surface area contributed by atoms with Crippen LogP contribution in [0.2, 0.25) is 0 Å². The summed E-state index contributed by atoms with van der Waals surface area (Å²) in [5.74, 6) is -0.417. The molecule has 34 heavy (non-hydrogen) atoms. The van der Waals surface area contributed by atoms with Gasteiger partial charge in [-0.05, 0) is 24.6 Å². The standard InChI is InChI=1S/C28H28O6/c1-19-24(33-27(29)21-13-7-3-8-14-21)26(30-17-20-11-5-2-6-12-20)25-23(32-19)18-31-28(34-25)22-15-9-4-10-16-22/h2-16,19,23-26,28H,17-18H2,1H3/t19-,23?,24?,25?,26?,28?/m0/s1. The maximum Gasteiger partial charge on any atom is 0.338 e. The Kier molecular flexibility index (Phi) is 7.02. The first-order chi connectivity index (χ1) is 16.7. The molecule has 6 nitrogen and oxygen atoms in total. The predicted molar refractivity (Wildman–Crippen MR) is 125 cm³/mol. The summed E-state index contributed by atoms with van der Waals surface area (Å²) in [6, 6.07) is 28.6. The van der Waals surface area contributed by atoms with Gasteiger partial charge in [-0.2, -0.15) is 0 Å². The summed E-state index contributed by atoms with van der Waals surface area (Å²) < 4.78 is 30.9. The Morgan fingerprint density at radius 2 is 1.50 bits per heavy atom. The second-order valence-electron chi connectivity index (χ2n) is 8.55. The van der Waals surface area contributed by atoms with Crippen LogP contribution in [0.25, 0.3) is 0 Å². The third kappa shape index (κ3) is 5.05. The van der Waals surface area contributed by atoms with Crippen LogP contribution in [0.4, 0.5) is 0 Å². The summed E-state index contributed by atoms with van der Waals surface area (Å²) in [4.78, 5) is 12.9. The van der Waals surface area contributed by atoms with Gasteiger partial charge in [0.15, 0.2) is 12.4 Å². The van der Waals surface area contributed by atoms with E-state index < -0.39 is 36.7 Å². The van der Waals surface area contributed by atoms with Crippen molar-refractivity contribution < 1.29 is 28.5 Å². The lowest BCUT2D eigenvalue weighted by Crippen LogP contribution is -2.62. The molecule has 6 atom stereocenters. The van der Waals surface area contributed by atoms with Crippen LogP contribution in [0.1, 0.15) is 34.7 Å². The van der Waals surface area contributed by atoms with Gasteiger partial charge in [0.25, 0.3) is 0 Å². The number of ether oxygens (including phenoxy) is 5. The van der Waals surface area contributed by atoms with Crippen molar-refractivity contribution in [1.82, 2.24) is 0 Å². The molecule has 0 radical (unpaired) electrons. The maximum atomic E-state index is 12.9. The number of carbonyl (C=O) groups excluding carboxylic acids is 1. The molecule has 0 spiro atoms. The molecule has 0 aromatic heterocycles. The van der Waals surface area contributed by atoms with Crippen LogP contribution in [-0.4, -0.2) is 43.1 Å². The molecule has 2 fully saturated rings. The SMILES string of the molecule is C[C@@H]1OC2COC(c3ccccc3)OC2C(OCc2ccccc2)C1OC(=O)c1ccccc1. The quantitative estimate of drug-likeness (QED) is 0.497. The van der Waals surface area contributed by atoms with Crippen LogP contribution >= 0.6 is 0 Å². The van der Waals surface area contributed by atoms with E-state index in [1.165, 1.54) is 0 Å². The molecular weight excluding hydrogens is 432 g/mol. The van der Waals surface area contributed by atoms with Crippen molar-refractivity contribution >= 4 is 5.97 Å². The minimum Gasteiger partial charge on any atom is -0.453 e. The third-order valence-electron chi connectivity index (χ3n) is 6.17. The van der Waals surface area contributed by atoms with E-state index in [-0.39, 0.29) is 6.10 Å². The monoisotopic (exact) mass is 460 g/mol. The average molecular weight is 461 g/mol. The molecule has 0 aliphatic carbocycles. The van der Waals surface area contributed by atoms with Crippen LogP contribution in [-0.2, 0) is 30.3 Å². The Hall–Kier alpha value is -3.03. The van der Waals surface area contributed by atoms with E-state index in [1.807, 2.05) is 85.8 Å². The van der Waals surface area contributed by atoms with E-state index in [1.54, 1.807) is 12.1 Å². The molecule has 5 rings (SSSR count). The fourth-order valence-corrected chi connectivity index (χ4v) is 4.43. The Morgan fingerprint density at radius 3 is 2.21 bits per heavy atom. The molecular formula is C28H28O6. The molecule has 2 aliphatic heterocycles. The minimum atomic E-state index is -0.646. The molecule has 3 aromatic rings. The Bertz CT molecular complexity index is 1060. The van der Waals surface area contributed by atoms with Crippen LogP contribution in [0, 0.1) is 0 Å². The zero-order valence-electron chi connectivity index (χ0n) is 19.0. The molecule has 0 saturated carbocycles. The number of fused-ring (bicyclic) bond motifs is 1. The maximum absolute atomic E-state index is 12.9. The molecule has 0 amide bonds. The van der Waals surface area contributed by atoms with Crippen molar-refractivity contribution in [3.05, 3.63) is 108 Å². The molecule has 2 aliphatic rings. The van der Waals surface area contributed by atoms with Gasteiger partial charge in [0, 0.05) is 5.56 Å². The normalized spacial score (nSPS) is 28.6. The fourth-order valence-electron chi connectivity index (χ4n) is 4.43. The summed E-state index contributed by atoms with van der Waals surface area (Å²) in [6.07, 6.45) is -2.92. The van der Waals surface area contributed by atoms with E-state index in [4.69, 9.17) is 23.7 Å². The van der Waals surface area contributed by atoms with Gasteiger partial charge < -0.3 is 23.7 Å². The highest BCUT2D eigenvalue weighted by Gasteiger charge is 2.51. The first-order valence-corrected chi connectivity index (χ1v) is 11.6. The highest BCUT2D eigenvalue weighted by molar-refractivity contribution is 5.89. The average Bonchev–Trinajstić information content (AvgIpc) is 2.90. The van der Waals surface area contributed by atoms with Crippen molar-refractivity contribution in [3.63, 3.8) is 0 Å². The number of carbonyl (C=O) groups is 1. The fraction of sp³-hybridized carbons (Fsp3) is 0.321. The number of benzene rings is 3. The van der Waals surface area contributed by atoms with E-state index >= 15 is 0 Å². The molecule has 176 valence electrons. The smallest absolute Gasteiger partial charge is 0.338 e. The zero-order valence-corrected chi connectivity index (χ0v) is 19.0. The van der Waals surface area contributed by atoms with Crippen molar-refractivity contribution in [1.29, 1.82) is 0 Å². The molecule has 2 heterocycles. The Morgan fingerprint density at radius 1 is 0.853 bits per heavy atom. The summed E-state index contributed by atoms with van der Waals surface area (Å²) in [7, 11) is 0. The lowest BCUT2D eigenvalue weighted by molar-refractivity contribution is -0.332. The summed E-state index contributed by atoms with van der Waals surface area (Å²) >= 11 is 0. The third-order valence-corrected chi connectivity index (χ3v) is 6.17. The van der Waals surface area contributed by atoms with Gasteiger partial charge in [-0.3, -0.25) is 0 Å². The lowest BCUT2D eigenvalue weighted by Gasteiger charge is -2.48. The van der Waals surface area contributed by atoms with Gasteiger partial charge >= 0.3 is 5.97 Å². The highest BCUT2D eigenvalue weighted by atomic mass is 16.7. The molecule has 6 heteroatoms. The summed E-state index contributed by atoms with van der Waals surface area (Å²) in [5.41, 5.74) is 2.42. The van der Waals surface area contributed by atoms with Gasteiger partial charge in [-0.25, -0.2) is 4.79 Å². The van der Waals surface area contributed by atoms with Gasteiger partial charge in [-0.1, -0.05) is 78.9 Å². The Balaban J connectivity index is 1.40. The van der Waals surface area contributed by atoms with Crippen LogP contribution < -0.4 is 0 Å². The topological polar surface area (TPSA) is 63.2 Å². The summed E-state index contributed by atoms with van der Waals surface area (Å²) in [5, 5.41) is 0. The number of hydrogen-bond donors (Lipinski definition) is 0. The second kappa shape index (κ2) is 10.5. The number of esters is 1. The first kappa shape index (κ1) is 22.7. The van der Waals surface area contributed by atoms with Crippen LogP contribution in [0.5, 0.6) is 0 Å². The van der Waals surface area contributed by atoms with Gasteiger partial charge in [0.05, 0.1) is 24.9 Å². The van der Waals surface area contributed by atoms with E-state index in [0.29, 0.717) is 18.8 Å². The van der Waals surface area contributed by atoms with E-state index in [9.17, 15) is 4.79 Å². The minimum absolute atomic E-state index is 0.331. The van der Waals surface area contributed by atoms with Crippen molar-refractivity contribution in [2.24, 2.45) is 0 Å². The zero-order chi connectivity index (χ0) is 23.3. The molecule has 5 unspecified atom stereocenters. The molecule has 2 saturated heterocycles. The van der Waals surface area contributed by atoms with Crippen molar-refractivity contribution in [3.8, 4) is 0 Å². The number of rotatable bonds is 6. The first-order valence-electron chi connectivity index (χ1n) is 11.6. The largest absolute Gasteiger partial charge is 0.453 e. The predicted octanol–water partition coefficient (Wildman–Crippen LogP) is 4.70. The Labute approximate surface area is 199 Å². The van der Waals surface area contributed by atoms with Crippen molar-refractivity contribution in [2.45, 2.75) is 50.3 Å².